The zero-order chi connectivity index (χ0) is 13.2. The van der Waals surface area contributed by atoms with Crippen LogP contribution in [0.4, 0.5) is 0 Å². The van der Waals surface area contributed by atoms with Crippen LogP contribution in [-0.4, -0.2) is 23.7 Å². The van der Waals surface area contributed by atoms with E-state index in [9.17, 15) is 8.42 Å². The van der Waals surface area contributed by atoms with Crippen LogP contribution < -0.4 is 4.72 Å². The lowest BCUT2D eigenvalue weighted by molar-refractivity contribution is 0.236. The smallest absolute Gasteiger partial charge is 0.274 e. The molecule has 8 heteroatoms. The molecule has 0 aliphatic carbocycles. The summed E-state index contributed by atoms with van der Waals surface area (Å²) in [7, 11) is -3.71. The number of hydrogen-bond acceptors (Lipinski definition) is 5. The molecule has 0 amide bonds. The summed E-state index contributed by atoms with van der Waals surface area (Å²) in [6.07, 6.45) is 1.55. The van der Waals surface area contributed by atoms with Gasteiger partial charge in [0.1, 0.15) is 12.4 Å². The van der Waals surface area contributed by atoms with Crippen LogP contribution in [0.5, 0.6) is 0 Å². The number of aliphatic hydroxyl groups excluding tert-OH is 1. The molecule has 0 atom stereocenters. The van der Waals surface area contributed by atoms with Crippen LogP contribution in [0.3, 0.4) is 0 Å². The summed E-state index contributed by atoms with van der Waals surface area (Å²) < 4.78 is 31.1. The third kappa shape index (κ3) is 2.61. The second-order valence-electron chi connectivity index (χ2n) is 3.72. The SMILES string of the molecule is Cc1[nH]ncc1CNS(=O)(=O)c1ccc(CO)o1. The van der Waals surface area contributed by atoms with Gasteiger partial charge in [0.15, 0.2) is 0 Å². The van der Waals surface area contributed by atoms with Crippen LogP contribution in [-0.2, 0) is 23.2 Å². The Morgan fingerprint density at radius 1 is 1.50 bits per heavy atom. The van der Waals surface area contributed by atoms with Gasteiger partial charge in [0, 0.05) is 17.8 Å². The molecule has 0 aromatic carbocycles. The van der Waals surface area contributed by atoms with E-state index >= 15 is 0 Å². The van der Waals surface area contributed by atoms with Gasteiger partial charge >= 0.3 is 0 Å². The van der Waals surface area contributed by atoms with Crippen molar-refractivity contribution >= 4 is 10.0 Å². The average Bonchev–Trinajstić information content (AvgIpc) is 2.95. The zero-order valence-electron chi connectivity index (χ0n) is 9.67. The largest absolute Gasteiger partial charge is 0.446 e. The zero-order valence-corrected chi connectivity index (χ0v) is 10.5. The maximum atomic E-state index is 11.9. The van der Waals surface area contributed by atoms with Crippen molar-refractivity contribution in [1.29, 1.82) is 0 Å². The number of nitrogens with zero attached hydrogens (tertiary/aromatic N) is 1. The van der Waals surface area contributed by atoms with Crippen molar-refractivity contribution in [2.45, 2.75) is 25.2 Å². The van der Waals surface area contributed by atoms with Crippen LogP contribution in [0.25, 0.3) is 0 Å². The first-order valence-electron chi connectivity index (χ1n) is 5.21. The van der Waals surface area contributed by atoms with Gasteiger partial charge in [0.25, 0.3) is 10.0 Å². The minimum atomic E-state index is -3.71. The van der Waals surface area contributed by atoms with Crippen LogP contribution in [0.1, 0.15) is 17.0 Å². The highest BCUT2D eigenvalue weighted by molar-refractivity contribution is 7.89. The summed E-state index contributed by atoms with van der Waals surface area (Å²) in [5.74, 6) is 0.204. The third-order valence-corrected chi connectivity index (χ3v) is 3.72. The molecule has 0 radical (unpaired) electrons. The maximum absolute atomic E-state index is 11.9. The molecular formula is C10H13N3O4S. The van der Waals surface area contributed by atoms with Gasteiger partial charge in [-0.25, -0.2) is 13.1 Å². The van der Waals surface area contributed by atoms with Crippen molar-refractivity contribution in [3.63, 3.8) is 0 Å². The molecule has 0 aliphatic heterocycles. The van der Waals surface area contributed by atoms with Crippen molar-refractivity contribution < 1.29 is 17.9 Å². The lowest BCUT2D eigenvalue weighted by Gasteiger charge is -2.03. The predicted octanol–water partition coefficient (Wildman–Crippen LogP) is 0.282. The van der Waals surface area contributed by atoms with Crippen molar-refractivity contribution in [3.8, 4) is 0 Å². The van der Waals surface area contributed by atoms with E-state index < -0.39 is 10.0 Å². The second-order valence-corrected chi connectivity index (χ2v) is 5.42. The average molecular weight is 271 g/mol. The fraction of sp³-hybridized carbons (Fsp3) is 0.300. The Labute approximate surface area is 104 Å². The Kier molecular flexibility index (Phi) is 3.50. The molecule has 3 N–H and O–H groups in total. The number of H-pyrrole nitrogens is 1. The standard InChI is InChI=1S/C10H13N3O4S/c1-7-8(4-11-13-7)5-12-18(15,16)10-3-2-9(6-14)17-10/h2-4,12,14H,5-6H2,1H3,(H,11,13). The number of rotatable bonds is 5. The minimum absolute atomic E-state index is 0.125. The summed E-state index contributed by atoms with van der Waals surface area (Å²) >= 11 is 0. The summed E-state index contributed by atoms with van der Waals surface area (Å²) in [5, 5.41) is 15.1. The number of aryl methyl sites for hydroxylation is 1. The molecule has 0 saturated carbocycles. The Morgan fingerprint density at radius 2 is 2.28 bits per heavy atom. The van der Waals surface area contributed by atoms with E-state index in [1.807, 2.05) is 0 Å². The monoisotopic (exact) mass is 271 g/mol. The fourth-order valence-corrected chi connectivity index (χ4v) is 2.34. The number of aliphatic hydroxyl groups is 1. The quantitative estimate of drug-likeness (QED) is 0.724. The highest BCUT2D eigenvalue weighted by atomic mass is 32.2. The first kappa shape index (κ1) is 12.8. The number of furan rings is 1. The number of aromatic nitrogens is 2. The van der Waals surface area contributed by atoms with Gasteiger partial charge in [-0.1, -0.05) is 0 Å². The fourth-order valence-electron chi connectivity index (χ4n) is 1.39. The van der Waals surface area contributed by atoms with Crippen molar-refractivity contribution in [1.82, 2.24) is 14.9 Å². The van der Waals surface area contributed by atoms with Crippen molar-refractivity contribution in [2.24, 2.45) is 0 Å². The maximum Gasteiger partial charge on any atom is 0.274 e. The van der Waals surface area contributed by atoms with Gasteiger partial charge in [-0.2, -0.15) is 5.10 Å². The van der Waals surface area contributed by atoms with Gasteiger partial charge < -0.3 is 9.52 Å². The van der Waals surface area contributed by atoms with E-state index in [1.54, 1.807) is 13.1 Å². The van der Waals surface area contributed by atoms with E-state index in [0.717, 1.165) is 11.3 Å². The molecule has 2 heterocycles. The van der Waals surface area contributed by atoms with Crippen LogP contribution >= 0.6 is 0 Å². The van der Waals surface area contributed by atoms with Crippen LogP contribution in [0.15, 0.2) is 27.8 Å². The van der Waals surface area contributed by atoms with Crippen molar-refractivity contribution in [2.75, 3.05) is 0 Å². The summed E-state index contributed by atoms with van der Waals surface area (Å²) in [6.45, 7) is 1.59. The van der Waals surface area contributed by atoms with E-state index in [4.69, 9.17) is 9.52 Å². The molecule has 0 saturated heterocycles. The van der Waals surface area contributed by atoms with Gasteiger partial charge in [-0.3, -0.25) is 5.10 Å². The van der Waals surface area contributed by atoms with Gasteiger partial charge in [0.05, 0.1) is 6.20 Å². The third-order valence-electron chi connectivity index (χ3n) is 2.44. The van der Waals surface area contributed by atoms with Gasteiger partial charge in [0.2, 0.25) is 5.09 Å². The normalized spacial score (nSPS) is 11.9. The summed E-state index contributed by atoms with van der Waals surface area (Å²) in [5.41, 5.74) is 1.56. The van der Waals surface area contributed by atoms with Crippen LogP contribution in [0, 0.1) is 6.92 Å². The van der Waals surface area contributed by atoms with Gasteiger partial charge in [-0.15, -0.1) is 0 Å². The number of hydrogen-bond donors (Lipinski definition) is 3. The highest BCUT2D eigenvalue weighted by Gasteiger charge is 2.18. The number of aromatic amines is 1. The second kappa shape index (κ2) is 4.92. The Hall–Kier alpha value is -1.64. The Balaban J connectivity index is 2.10. The molecular weight excluding hydrogens is 258 g/mol. The minimum Gasteiger partial charge on any atom is -0.446 e. The molecule has 0 fully saturated rings. The molecule has 2 rings (SSSR count). The molecule has 18 heavy (non-hydrogen) atoms. The predicted molar refractivity (Wildman–Crippen MR) is 62.0 cm³/mol. The first-order chi connectivity index (χ1) is 8.53. The summed E-state index contributed by atoms with van der Waals surface area (Å²) in [6, 6.07) is 2.72. The molecule has 0 aliphatic rings. The molecule has 0 bridgehead atoms. The molecule has 0 unspecified atom stereocenters. The molecule has 98 valence electrons. The summed E-state index contributed by atoms with van der Waals surface area (Å²) in [4.78, 5) is 0. The van der Waals surface area contributed by atoms with Gasteiger partial charge in [-0.05, 0) is 19.1 Å². The Morgan fingerprint density at radius 3 is 2.83 bits per heavy atom. The molecule has 0 spiro atoms. The first-order valence-corrected chi connectivity index (χ1v) is 6.69. The lowest BCUT2D eigenvalue weighted by Crippen LogP contribution is -2.22. The van der Waals surface area contributed by atoms with E-state index in [2.05, 4.69) is 14.9 Å². The topological polar surface area (TPSA) is 108 Å². The molecule has 2 aromatic heterocycles. The van der Waals surface area contributed by atoms with Crippen molar-refractivity contribution in [3.05, 3.63) is 35.3 Å². The van der Waals surface area contributed by atoms with E-state index in [0.29, 0.717) is 0 Å². The Bertz CT molecular complexity index is 629. The number of sulfonamides is 1. The van der Waals surface area contributed by atoms with E-state index in [-0.39, 0.29) is 24.0 Å². The number of nitrogens with one attached hydrogen (secondary N) is 2. The highest BCUT2D eigenvalue weighted by Crippen LogP contribution is 2.14. The van der Waals surface area contributed by atoms with E-state index in [1.165, 1.54) is 12.1 Å². The molecule has 2 aromatic rings. The molecule has 7 nitrogen and oxygen atoms in total. The van der Waals surface area contributed by atoms with Crippen LogP contribution in [0.2, 0.25) is 0 Å². The lowest BCUT2D eigenvalue weighted by atomic mass is 10.3.